The standard InChI is InChI=1S/C18H29NOS/c1-3-11-19-18(17-9-4-5-10-17)14-21(20)13-16-8-6-7-15(2)12-16/h6-8,12,17-19H,3-5,9-11,13-14H2,1-2H3. The molecule has 0 bridgehead atoms. The van der Waals surface area contributed by atoms with Gasteiger partial charge in [0.25, 0.3) is 0 Å². The fraction of sp³-hybridized carbons (Fsp3) is 0.667. The van der Waals surface area contributed by atoms with Gasteiger partial charge >= 0.3 is 0 Å². The molecule has 2 nitrogen and oxygen atoms in total. The molecule has 0 heterocycles. The van der Waals surface area contributed by atoms with Gasteiger partial charge in [-0.1, -0.05) is 49.6 Å². The van der Waals surface area contributed by atoms with E-state index in [9.17, 15) is 4.21 Å². The second-order valence-electron chi connectivity index (χ2n) is 6.35. The number of aryl methyl sites for hydroxylation is 1. The molecule has 1 aliphatic rings. The first-order valence-corrected chi connectivity index (χ1v) is 9.81. The van der Waals surface area contributed by atoms with Gasteiger partial charge in [0.2, 0.25) is 0 Å². The molecule has 2 unspecified atom stereocenters. The average molecular weight is 308 g/mol. The molecule has 2 rings (SSSR count). The summed E-state index contributed by atoms with van der Waals surface area (Å²) in [4.78, 5) is 0. The van der Waals surface area contributed by atoms with Gasteiger partial charge in [-0.3, -0.25) is 4.21 Å². The Morgan fingerprint density at radius 1 is 1.33 bits per heavy atom. The lowest BCUT2D eigenvalue weighted by Gasteiger charge is -2.24. The summed E-state index contributed by atoms with van der Waals surface area (Å²) in [6, 6.07) is 8.84. The van der Waals surface area contributed by atoms with Gasteiger partial charge in [-0.2, -0.15) is 0 Å². The molecule has 1 N–H and O–H groups in total. The molecule has 1 aromatic carbocycles. The van der Waals surface area contributed by atoms with Crippen LogP contribution in [0.5, 0.6) is 0 Å². The van der Waals surface area contributed by atoms with Crippen LogP contribution < -0.4 is 5.32 Å². The summed E-state index contributed by atoms with van der Waals surface area (Å²) in [7, 11) is -0.771. The van der Waals surface area contributed by atoms with Crippen molar-refractivity contribution in [3.63, 3.8) is 0 Å². The molecule has 1 aliphatic carbocycles. The Bertz CT molecular complexity index is 454. The smallest absolute Gasteiger partial charge is 0.0486 e. The van der Waals surface area contributed by atoms with Gasteiger partial charge in [0, 0.05) is 28.3 Å². The van der Waals surface area contributed by atoms with Gasteiger partial charge < -0.3 is 5.32 Å². The molecule has 1 fully saturated rings. The molecule has 0 spiro atoms. The zero-order chi connectivity index (χ0) is 15.1. The summed E-state index contributed by atoms with van der Waals surface area (Å²) < 4.78 is 12.5. The van der Waals surface area contributed by atoms with E-state index in [1.54, 1.807) is 0 Å². The summed E-state index contributed by atoms with van der Waals surface area (Å²) in [5, 5.41) is 3.65. The number of rotatable bonds is 8. The zero-order valence-corrected chi connectivity index (χ0v) is 14.3. The first-order valence-electron chi connectivity index (χ1n) is 8.33. The minimum absolute atomic E-state index is 0.443. The van der Waals surface area contributed by atoms with Crippen LogP contribution in [0, 0.1) is 12.8 Å². The van der Waals surface area contributed by atoms with Gasteiger partial charge in [0.15, 0.2) is 0 Å². The Kier molecular flexibility index (Phi) is 6.91. The minimum atomic E-state index is -0.771. The molecule has 118 valence electrons. The van der Waals surface area contributed by atoms with Crippen molar-refractivity contribution in [2.24, 2.45) is 5.92 Å². The predicted molar refractivity (Wildman–Crippen MR) is 91.9 cm³/mol. The number of benzene rings is 1. The van der Waals surface area contributed by atoms with Crippen molar-refractivity contribution < 1.29 is 4.21 Å². The Morgan fingerprint density at radius 3 is 2.76 bits per heavy atom. The molecule has 2 atom stereocenters. The highest BCUT2D eigenvalue weighted by Crippen LogP contribution is 2.28. The number of hydrogen-bond acceptors (Lipinski definition) is 2. The van der Waals surface area contributed by atoms with Crippen LogP contribution in [0.4, 0.5) is 0 Å². The van der Waals surface area contributed by atoms with Crippen molar-refractivity contribution in [2.45, 2.75) is 57.7 Å². The quantitative estimate of drug-likeness (QED) is 0.791. The normalized spacial score (nSPS) is 18.8. The van der Waals surface area contributed by atoms with Crippen molar-refractivity contribution in [3.8, 4) is 0 Å². The van der Waals surface area contributed by atoms with E-state index in [2.05, 4.69) is 43.4 Å². The molecule has 0 saturated heterocycles. The van der Waals surface area contributed by atoms with E-state index in [-0.39, 0.29) is 0 Å². The summed E-state index contributed by atoms with van der Waals surface area (Å²) in [5.74, 6) is 2.23. The average Bonchev–Trinajstić information content (AvgIpc) is 2.97. The van der Waals surface area contributed by atoms with Gasteiger partial charge in [0.1, 0.15) is 0 Å². The van der Waals surface area contributed by atoms with Gasteiger partial charge in [-0.15, -0.1) is 0 Å². The van der Waals surface area contributed by atoms with Gasteiger partial charge in [-0.25, -0.2) is 0 Å². The molecule has 0 radical (unpaired) electrons. The maximum absolute atomic E-state index is 12.5. The summed E-state index contributed by atoms with van der Waals surface area (Å²) >= 11 is 0. The first kappa shape index (κ1) is 16.7. The lowest BCUT2D eigenvalue weighted by Crippen LogP contribution is -2.40. The Morgan fingerprint density at radius 2 is 2.10 bits per heavy atom. The highest BCUT2D eigenvalue weighted by atomic mass is 32.2. The van der Waals surface area contributed by atoms with Crippen molar-refractivity contribution in [1.82, 2.24) is 5.32 Å². The second-order valence-corrected chi connectivity index (χ2v) is 7.85. The highest BCUT2D eigenvalue weighted by Gasteiger charge is 2.25. The van der Waals surface area contributed by atoms with Crippen molar-refractivity contribution in [1.29, 1.82) is 0 Å². The third kappa shape index (κ3) is 5.55. The van der Waals surface area contributed by atoms with E-state index >= 15 is 0 Å². The van der Waals surface area contributed by atoms with Crippen LogP contribution in [0.2, 0.25) is 0 Å². The summed E-state index contributed by atoms with van der Waals surface area (Å²) in [5.41, 5.74) is 2.45. The van der Waals surface area contributed by atoms with E-state index in [0.717, 1.165) is 24.6 Å². The van der Waals surface area contributed by atoms with Crippen LogP contribution in [-0.2, 0) is 16.6 Å². The maximum Gasteiger partial charge on any atom is 0.0486 e. The second kappa shape index (κ2) is 8.70. The van der Waals surface area contributed by atoms with Gasteiger partial charge in [0.05, 0.1) is 0 Å². The van der Waals surface area contributed by atoms with E-state index in [0.29, 0.717) is 11.8 Å². The summed E-state index contributed by atoms with van der Waals surface area (Å²) in [6.07, 6.45) is 6.46. The highest BCUT2D eigenvalue weighted by molar-refractivity contribution is 7.84. The van der Waals surface area contributed by atoms with Crippen LogP contribution in [0.1, 0.15) is 50.2 Å². The molecule has 0 amide bonds. The van der Waals surface area contributed by atoms with E-state index in [1.807, 2.05) is 0 Å². The fourth-order valence-corrected chi connectivity index (χ4v) is 4.76. The largest absolute Gasteiger partial charge is 0.313 e. The SMILES string of the molecule is CCCNC(CS(=O)Cc1cccc(C)c1)C1CCCC1. The molecule has 0 aromatic heterocycles. The minimum Gasteiger partial charge on any atom is -0.313 e. The first-order chi connectivity index (χ1) is 10.2. The monoisotopic (exact) mass is 307 g/mol. The fourth-order valence-electron chi connectivity index (χ4n) is 3.30. The lowest BCUT2D eigenvalue weighted by molar-refractivity contribution is 0.385. The maximum atomic E-state index is 12.5. The Balaban J connectivity index is 1.90. The Labute approximate surface area is 132 Å². The lowest BCUT2D eigenvalue weighted by atomic mass is 10.00. The van der Waals surface area contributed by atoms with Crippen LogP contribution in [0.15, 0.2) is 24.3 Å². The van der Waals surface area contributed by atoms with Crippen molar-refractivity contribution in [3.05, 3.63) is 35.4 Å². The molecule has 3 heteroatoms. The molecule has 1 saturated carbocycles. The zero-order valence-electron chi connectivity index (χ0n) is 13.4. The third-order valence-electron chi connectivity index (χ3n) is 4.40. The summed E-state index contributed by atoms with van der Waals surface area (Å²) in [6.45, 7) is 5.34. The Hall–Kier alpha value is -0.670. The van der Waals surface area contributed by atoms with Crippen LogP contribution in [-0.4, -0.2) is 22.5 Å². The number of hydrogen-bond donors (Lipinski definition) is 1. The van der Waals surface area contributed by atoms with Crippen LogP contribution >= 0.6 is 0 Å². The van der Waals surface area contributed by atoms with Crippen molar-refractivity contribution >= 4 is 10.8 Å². The molecule has 0 aliphatic heterocycles. The van der Waals surface area contributed by atoms with Crippen LogP contribution in [0.3, 0.4) is 0 Å². The van der Waals surface area contributed by atoms with E-state index in [4.69, 9.17) is 0 Å². The molecular weight excluding hydrogens is 278 g/mol. The van der Waals surface area contributed by atoms with E-state index < -0.39 is 10.8 Å². The third-order valence-corrected chi connectivity index (χ3v) is 5.79. The molecule has 1 aromatic rings. The molecule has 21 heavy (non-hydrogen) atoms. The topological polar surface area (TPSA) is 29.1 Å². The predicted octanol–water partition coefficient (Wildman–Crippen LogP) is 3.80. The number of nitrogens with one attached hydrogen (secondary N) is 1. The van der Waals surface area contributed by atoms with Crippen LogP contribution in [0.25, 0.3) is 0 Å². The van der Waals surface area contributed by atoms with Crippen molar-refractivity contribution in [2.75, 3.05) is 12.3 Å². The molecular formula is C18H29NOS. The van der Waals surface area contributed by atoms with Gasteiger partial charge in [-0.05, 0) is 44.2 Å². The van der Waals surface area contributed by atoms with E-state index in [1.165, 1.54) is 36.8 Å².